The zero-order chi connectivity index (χ0) is 37.8. The molecule has 0 spiro atoms. The monoisotopic (exact) mass is 735 g/mol. The van der Waals surface area contributed by atoms with Crippen LogP contribution in [0.1, 0.15) is 81.9 Å². The Bertz CT molecular complexity index is 1520. The summed E-state index contributed by atoms with van der Waals surface area (Å²) >= 11 is 0.851. The molecule has 280 valence electrons. The second-order valence-corrected chi connectivity index (χ2v) is 14.3. The van der Waals surface area contributed by atoms with Gasteiger partial charge in [-0.15, -0.1) is 11.3 Å². The largest absolute Gasteiger partial charge is 0.415 e. The molecule has 2 aromatic rings. The maximum absolute atomic E-state index is 14.2. The van der Waals surface area contributed by atoms with Crippen molar-refractivity contribution < 1.29 is 50.9 Å². The SMILES string of the molecule is CC[C@H](C)[C@H](NC(=O)[C@@]1(C)CCCN1C)C(=O)N(C)[C@H](C[C@@H](OC(O)N(C)C)c1nc(C(=O)Oc2c(F)c(F)c(F)c(F)c2F)cs1)C(C)C. The lowest BCUT2D eigenvalue weighted by molar-refractivity contribution is -0.210. The number of amides is 2. The molecule has 1 aliphatic rings. The van der Waals surface area contributed by atoms with E-state index in [9.17, 15) is 41.4 Å². The van der Waals surface area contributed by atoms with Crippen molar-refractivity contribution in [3.05, 3.63) is 45.2 Å². The lowest BCUT2D eigenvalue weighted by Crippen LogP contribution is -2.60. The normalized spacial score (nSPS) is 19.7. The van der Waals surface area contributed by atoms with Gasteiger partial charge in [0.15, 0.2) is 5.69 Å². The number of nitrogens with zero attached hydrogens (tertiary/aromatic N) is 4. The standard InChI is InChI=1S/C33H46F5N5O6S/c1-10-17(4)26(40-31(46)33(5)12-11-13-42(33)8)29(44)43(9)19(16(2)3)14-20(48-32(47)41(6)7)28-39-18(15-50-28)30(45)49-27-24(37)22(35)21(34)23(36)25(27)38/h15-17,19-20,26,32,47H,10-14H2,1-9H3,(H,40,46)/t17-,19+,20+,26-,32?,33+/m0/s1. The number of carbonyl (C=O) groups excluding carboxylic acids is 3. The summed E-state index contributed by atoms with van der Waals surface area (Å²) < 4.78 is 79.6. The number of halogens is 5. The van der Waals surface area contributed by atoms with E-state index >= 15 is 0 Å². The van der Waals surface area contributed by atoms with Crippen LogP contribution in [0.25, 0.3) is 0 Å². The number of hydrogen-bond acceptors (Lipinski definition) is 10. The van der Waals surface area contributed by atoms with E-state index in [1.807, 2.05) is 46.6 Å². The van der Waals surface area contributed by atoms with E-state index in [-0.39, 0.29) is 35.1 Å². The molecule has 1 aliphatic heterocycles. The van der Waals surface area contributed by atoms with Gasteiger partial charge in [-0.25, -0.2) is 22.9 Å². The van der Waals surface area contributed by atoms with Crippen LogP contribution in [-0.2, 0) is 14.3 Å². The first kappa shape index (κ1) is 41.2. The highest BCUT2D eigenvalue weighted by Crippen LogP contribution is 2.34. The third-order valence-electron chi connectivity index (χ3n) is 9.42. The number of hydrogen-bond donors (Lipinski definition) is 2. The maximum atomic E-state index is 14.2. The van der Waals surface area contributed by atoms with E-state index in [1.165, 1.54) is 23.9 Å². The van der Waals surface area contributed by atoms with Crippen LogP contribution in [0.3, 0.4) is 0 Å². The smallest absolute Gasteiger partial charge is 0.363 e. The van der Waals surface area contributed by atoms with Gasteiger partial charge in [0, 0.05) is 24.9 Å². The quantitative estimate of drug-likeness (QED) is 0.0661. The molecule has 0 radical (unpaired) electrons. The topological polar surface area (TPSA) is 125 Å². The number of esters is 1. The van der Waals surface area contributed by atoms with Crippen LogP contribution in [0.4, 0.5) is 22.0 Å². The van der Waals surface area contributed by atoms with Crippen molar-refractivity contribution in [2.45, 2.75) is 90.4 Å². The van der Waals surface area contributed by atoms with Crippen LogP contribution in [0.15, 0.2) is 5.38 Å². The second-order valence-electron chi connectivity index (χ2n) is 13.4. The summed E-state index contributed by atoms with van der Waals surface area (Å²) in [6.07, 6.45) is -0.403. The molecule has 11 nitrogen and oxygen atoms in total. The fourth-order valence-corrected chi connectivity index (χ4v) is 6.51. The van der Waals surface area contributed by atoms with E-state index in [2.05, 4.69) is 15.0 Å². The molecule has 1 aromatic carbocycles. The summed E-state index contributed by atoms with van der Waals surface area (Å²) in [6.45, 7) is 10.2. The first-order valence-electron chi connectivity index (χ1n) is 16.2. The van der Waals surface area contributed by atoms with E-state index in [4.69, 9.17) is 4.74 Å². The van der Waals surface area contributed by atoms with Gasteiger partial charge in [-0.05, 0) is 59.3 Å². The molecule has 1 aromatic heterocycles. The maximum Gasteiger partial charge on any atom is 0.363 e. The van der Waals surface area contributed by atoms with Gasteiger partial charge in [-0.1, -0.05) is 34.1 Å². The Morgan fingerprint density at radius 1 is 1.06 bits per heavy atom. The number of likely N-dealkylation sites (N-methyl/N-ethyl adjacent to an activating group) is 2. The molecule has 1 saturated heterocycles. The van der Waals surface area contributed by atoms with Gasteiger partial charge in [-0.3, -0.25) is 19.4 Å². The molecular formula is C33H46F5N5O6S. The number of carbonyl (C=O) groups is 3. The second kappa shape index (κ2) is 16.8. The van der Waals surface area contributed by atoms with Gasteiger partial charge in [0.1, 0.15) is 17.2 Å². The zero-order valence-electron chi connectivity index (χ0n) is 29.7. The number of rotatable bonds is 15. The molecule has 1 fully saturated rings. The number of aromatic nitrogens is 1. The Morgan fingerprint density at radius 2 is 1.64 bits per heavy atom. The minimum absolute atomic E-state index is 0.0338. The van der Waals surface area contributed by atoms with Crippen molar-refractivity contribution in [2.24, 2.45) is 11.8 Å². The number of ether oxygens (including phenoxy) is 2. The third kappa shape index (κ3) is 8.78. The molecule has 2 heterocycles. The summed E-state index contributed by atoms with van der Waals surface area (Å²) in [4.78, 5) is 49.4. The van der Waals surface area contributed by atoms with Gasteiger partial charge in [-0.2, -0.15) is 8.78 Å². The van der Waals surface area contributed by atoms with Crippen molar-refractivity contribution >= 4 is 29.1 Å². The number of benzene rings is 1. The van der Waals surface area contributed by atoms with Crippen LogP contribution in [0, 0.1) is 40.9 Å². The molecule has 2 N–H and O–H groups in total. The molecular weight excluding hydrogens is 689 g/mol. The van der Waals surface area contributed by atoms with Crippen LogP contribution in [0.5, 0.6) is 5.75 Å². The van der Waals surface area contributed by atoms with Gasteiger partial charge in [0.25, 0.3) is 0 Å². The summed E-state index contributed by atoms with van der Waals surface area (Å²) in [5.41, 5.74) is -1.29. The third-order valence-corrected chi connectivity index (χ3v) is 10.4. The number of aliphatic hydroxyl groups excluding tert-OH is 1. The summed E-state index contributed by atoms with van der Waals surface area (Å²) in [6, 6.07) is -1.41. The predicted molar refractivity (Wildman–Crippen MR) is 174 cm³/mol. The van der Waals surface area contributed by atoms with E-state index in [0.29, 0.717) is 12.8 Å². The number of aliphatic hydroxyl groups is 1. The van der Waals surface area contributed by atoms with E-state index in [1.54, 1.807) is 7.05 Å². The molecule has 2 amide bonds. The summed E-state index contributed by atoms with van der Waals surface area (Å²) in [5.74, 6) is -15.9. The highest BCUT2D eigenvalue weighted by molar-refractivity contribution is 7.09. The van der Waals surface area contributed by atoms with E-state index in [0.717, 1.165) is 29.7 Å². The predicted octanol–water partition coefficient (Wildman–Crippen LogP) is 4.84. The highest BCUT2D eigenvalue weighted by Gasteiger charge is 2.44. The molecule has 17 heteroatoms. The van der Waals surface area contributed by atoms with Crippen molar-refractivity contribution in [2.75, 3.05) is 34.7 Å². The zero-order valence-corrected chi connectivity index (χ0v) is 30.5. The lowest BCUT2D eigenvalue weighted by Gasteiger charge is -2.39. The van der Waals surface area contributed by atoms with Crippen molar-refractivity contribution in [1.29, 1.82) is 0 Å². The summed E-state index contributed by atoms with van der Waals surface area (Å²) in [5, 5.41) is 14.8. The number of thiazole rings is 1. The van der Waals surface area contributed by atoms with Crippen LogP contribution >= 0.6 is 11.3 Å². The van der Waals surface area contributed by atoms with Gasteiger partial charge in [0.2, 0.25) is 53.1 Å². The molecule has 0 bridgehead atoms. The molecule has 3 rings (SSSR count). The molecule has 1 unspecified atom stereocenters. The average Bonchev–Trinajstić information content (AvgIpc) is 3.71. The van der Waals surface area contributed by atoms with Gasteiger partial charge >= 0.3 is 5.97 Å². The average molecular weight is 736 g/mol. The molecule has 50 heavy (non-hydrogen) atoms. The Kier molecular flexibility index (Phi) is 13.9. The van der Waals surface area contributed by atoms with E-state index < -0.39 is 76.6 Å². The molecule has 0 saturated carbocycles. The Morgan fingerprint density at radius 3 is 2.14 bits per heavy atom. The fraction of sp³-hybridized carbons (Fsp3) is 0.636. The Hall–Kier alpha value is -3.25. The highest BCUT2D eigenvalue weighted by atomic mass is 32.1. The molecule has 6 atom stereocenters. The fourth-order valence-electron chi connectivity index (χ4n) is 5.68. The Balaban J connectivity index is 1.91. The Labute approximate surface area is 292 Å². The van der Waals surface area contributed by atoms with Crippen LogP contribution < -0.4 is 10.1 Å². The van der Waals surface area contributed by atoms with Crippen LogP contribution in [-0.4, -0.2) is 101 Å². The van der Waals surface area contributed by atoms with Crippen molar-refractivity contribution in [1.82, 2.24) is 25.0 Å². The van der Waals surface area contributed by atoms with Gasteiger partial charge < -0.3 is 24.8 Å². The van der Waals surface area contributed by atoms with Crippen molar-refractivity contribution in [3.63, 3.8) is 0 Å². The van der Waals surface area contributed by atoms with Gasteiger partial charge in [0.05, 0.1) is 5.54 Å². The first-order chi connectivity index (χ1) is 23.3. The summed E-state index contributed by atoms with van der Waals surface area (Å²) in [7, 11) is 6.55. The first-order valence-corrected chi connectivity index (χ1v) is 17.1. The minimum Gasteiger partial charge on any atom is -0.415 e. The van der Waals surface area contributed by atoms with Crippen LogP contribution in [0.2, 0.25) is 0 Å². The minimum atomic E-state index is -2.41. The van der Waals surface area contributed by atoms with Crippen molar-refractivity contribution in [3.8, 4) is 5.75 Å². The lowest BCUT2D eigenvalue weighted by atomic mass is 9.91. The number of nitrogens with one attached hydrogen (secondary N) is 1. The molecule has 0 aliphatic carbocycles. The number of likely N-dealkylation sites (tertiary alicyclic amines) is 1.